The van der Waals surface area contributed by atoms with Gasteiger partial charge in [-0.3, -0.25) is 9.48 Å². The van der Waals surface area contributed by atoms with Crippen LogP contribution in [0.5, 0.6) is 0 Å². The molecule has 5 heterocycles. The van der Waals surface area contributed by atoms with E-state index in [2.05, 4.69) is 30.7 Å². The van der Waals surface area contributed by atoms with E-state index in [-0.39, 0.29) is 5.56 Å². The molecule has 2 saturated heterocycles. The molecular formula is C18H19F3N8O. The zero-order chi connectivity index (χ0) is 21.0. The number of anilines is 2. The van der Waals surface area contributed by atoms with Crippen LogP contribution in [0.25, 0.3) is 5.65 Å². The summed E-state index contributed by atoms with van der Waals surface area (Å²) in [6.07, 6.45) is 1.58. The topological polar surface area (TPSA) is 92.4 Å². The van der Waals surface area contributed by atoms with Crippen LogP contribution >= 0.6 is 0 Å². The Hall–Kier alpha value is -3.15. The molecule has 2 fully saturated rings. The van der Waals surface area contributed by atoms with Crippen LogP contribution in [-0.2, 0) is 13.2 Å². The second-order valence-corrected chi connectivity index (χ2v) is 7.58. The van der Waals surface area contributed by atoms with E-state index in [1.165, 1.54) is 17.8 Å². The Morgan fingerprint density at radius 2 is 2.00 bits per heavy atom. The van der Waals surface area contributed by atoms with Crippen molar-refractivity contribution in [3.05, 3.63) is 35.9 Å². The molecule has 12 heteroatoms. The van der Waals surface area contributed by atoms with Gasteiger partial charge in [0.25, 0.3) is 5.91 Å². The highest BCUT2D eigenvalue weighted by molar-refractivity contribution is 6.08. The van der Waals surface area contributed by atoms with Crippen LogP contribution in [0.3, 0.4) is 0 Å². The average molecular weight is 420 g/mol. The monoisotopic (exact) mass is 420 g/mol. The predicted molar refractivity (Wildman–Crippen MR) is 101 cm³/mol. The first-order valence-electron chi connectivity index (χ1n) is 9.57. The van der Waals surface area contributed by atoms with Crippen LogP contribution < -0.4 is 15.5 Å². The molecule has 2 unspecified atom stereocenters. The summed E-state index contributed by atoms with van der Waals surface area (Å²) < 4.78 is 42.0. The van der Waals surface area contributed by atoms with Crippen molar-refractivity contribution in [1.82, 2.24) is 29.7 Å². The molecule has 0 aliphatic carbocycles. The van der Waals surface area contributed by atoms with Gasteiger partial charge in [0.05, 0.1) is 11.9 Å². The van der Waals surface area contributed by atoms with Crippen molar-refractivity contribution in [2.75, 3.05) is 23.3 Å². The number of carbonyl (C=O) groups is 1. The van der Waals surface area contributed by atoms with Crippen molar-refractivity contribution < 1.29 is 18.0 Å². The minimum atomic E-state index is -4.68. The summed E-state index contributed by atoms with van der Waals surface area (Å²) in [6, 6.07) is 2.52. The maximum absolute atomic E-state index is 13.2. The van der Waals surface area contributed by atoms with E-state index in [1.807, 2.05) is 6.07 Å². The van der Waals surface area contributed by atoms with Gasteiger partial charge in [0, 0.05) is 44.6 Å². The molecule has 2 atom stereocenters. The second kappa shape index (κ2) is 6.69. The summed E-state index contributed by atoms with van der Waals surface area (Å²) >= 11 is 0. The van der Waals surface area contributed by atoms with Crippen LogP contribution in [0.15, 0.2) is 24.7 Å². The van der Waals surface area contributed by atoms with Gasteiger partial charge in [0.1, 0.15) is 11.4 Å². The van der Waals surface area contributed by atoms with Gasteiger partial charge in [0.15, 0.2) is 11.3 Å². The molecule has 158 valence electrons. The van der Waals surface area contributed by atoms with Crippen LogP contribution in [-0.4, -0.2) is 55.5 Å². The number of nitrogens with zero attached hydrogens (tertiary/aromatic N) is 6. The van der Waals surface area contributed by atoms with E-state index in [0.717, 1.165) is 42.6 Å². The van der Waals surface area contributed by atoms with Crippen molar-refractivity contribution in [3.8, 4) is 0 Å². The molecule has 0 radical (unpaired) electrons. The zero-order valence-corrected chi connectivity index (χ0v) is 16.0. The maximum Gasteiger partial charge on any atom is 0.437 e. The minimum absolute atomic E-state index is 0.0938. The van der Waals surface area contributed by atoms with Gasteiger partial charge in [-0.1, -0.05) is 0 Å². The number of carbonyl (C=O) groups excluding carboxylic acids is 1. The fourth-order valence-electron chi connectivity index (χ4n) is 4.29. The fraction of sp³-hybridized carbons (Fsp3) is 0.444. The predicted octanol–water partition coefficient (Wildman–Crippen LogP) is 1.67. The minimum Gasteiger partial charge on any atom is -0.348 e. The molecule has 2 aliphatic rings. The number of hydrogen-bond acceptors (Lipinski definition) is 6. The highest BCUT2D eigenvalue weighted by Crippen LogP contribution is 2.34. The van der Waals surface area contributed by atoms with Gasteiger partial charge in [-0.2, -0.15) is 23.4 Å². The standard InChI is InChI=1S/C18H19F3N8O/c1-27-9-13(15(26-27)18(19,20)21)24-17(30)12-8-23-28-5-4-14(25-16(12)28)29-10-2-3-11(29)7-22-6-10/h4-5,8-11,22H,2-3,6-7H2,1H3,(H,24,30). The second-order valence-electron chi connectivity index (χ2n) is 7.58. The molecule has 0 saturated carbocycles. The number of alkyl halides is 3. The molecule has 0 spiro atoms. The van der Waals surface area contributed by atoms with E-state index in [9.17, 15) is 18.0 Å². The largest absolute Gasteiger partial charge is 0.437 e. The third kappa shape index (κ3) is 3.07. The lowest BCUT2D eigenvalue weighted by Crippen LogP contribution is -2.52. The SMILES string of the molecule is Cn1cc(NC(=O)c2cnn3ccc(N4C5CCC4CNC5)nc23)c(C(F)(F)F)n1. The van der Waals surface area contributed by atoms with Crippen molar-refractivity contribution in [1.29, 1.82) is 0 Å². The van der Waals surface area contributed by atoms with Crippen LogP contribution in [0.1, 0.15) is 28.9 Å². The lowest BCUT2D eigenvalue weighted by Gasteiger charge is -2.36. The number of aromatic nitrogens is 5. The van der Waals surface area contributed by atoms with Gasteiger partial charge >= 0.3 is 6.18 Å². The Labute approximate surface area is 168 Å². The first-order valence-corrected chi connectivity index (χ1v) is 9.57. The number of fused-ring (bicyclic) bond motifs is 3. The molecule has 0 aromatic carbocycles. The lowest BCUT2D eigenvalue weighted by molar-refractivity contribution is -0.140. The normalized spacial score (nSPS) is 21.4. The summed E-state index contributed by atoms with van der Waals surface area (Å²) in [5.74, 6) is 0.0137. The van der Waals surface area contributed by atoms with Crippen molar-refractivity contribution in [2.45, 2.75) is 31.1 Å². The third-order valence-electron chi connectivity index (χ3n) is 5.59. The highest BCUT2D eigenvalue weighted by Gasteiger charge is 2.39. The maximum atomic E-state index is 13.2. The van der Waals surface area contributed by atoms with E-state index in [1.54, 1.807) is 6.20 Å². The molecule has 3 aromatic rings. The Bertz CT molecular complexity index is 1100. The zero-order valence-electron chi connectivity index (χ0n) is 16.0. The number of amides is 1. The molecule has 5 rings (SSSR count). The number of nitrogens with one attached hydrogen (secondary N) is 2. The van der Waals surface area contributed by atoms with Gasteiger partial charge in [-0.05, 0) is 18.9 Å². The third-order valence-corrected chi connectivity index (χ3v) is 5.59. The smallest absolute Gasteiger partial charge is 0.348 e. The summed E-state index contributed by atoms with van der Waals surface area (Å²) in [7, 11) is 1.36. The van der Waals surface area contributed by atoms with Crippen molar-refractivity contribution in [2.24, 2.45) is 7.05 Å². The molecule has 2 aliphatic heterocycles. The van der Waals surface area contributed by atoms with E-state index in [4.69, 9.17) is 0 Å². The first kappa shape index (κ1) is 18.9. The van der Waals surface area contributed by atoms with Gasteiger partial charge in [-0.25, -0.2) is 9.50 Å². The molecule has 2 bridgehead atoms. The molecule has 9 nitrogen and oxygen atoms in total. The van der Waals surface area contributed by atoms with Gasteiger partial charge in [0.2, 0.25) is 0 Å². The Morgan fingerprint density at radius 1 is 1.27 bits per heavy atom. The molecule has 2 N–H and O–H groups in total. The van der Waals surface area contributed by atoms with E-state index in [0.29, 0.717) is 17.7 Å². The van der Waals surface area contributed by atoms with Crippen LogP contribution in [0.4, 0.5) is 24.7 Å². The highest BCUT2D eigenvalue weighted by atomic mass is 19.4. The number of rotatable bonds is 3. The molecule has 30 heavy (non-hydrogen) atoms. The summed E-state index contributed by atoms with van der Waals surface area (Å²) in [5.41, 5.74) is -1.18. The van der Waals surface area contributed by atoms with Gasteiger partial charge in [-0.15, -0.1) is 0 Å². The lowest BCUT2D eigenvalue weighted by atomic mass is 10.2. The average Bonchev–Trinajstić information content (AvgIpc) is 3.34. The Morgan fingerprint density at radius 3 is 2.70 bits per heavy atom. The van der Waals surface area contributed by atoms with Gasteiger partial charge < -0.3 is 15.5 Å². The summed E-state index contributed by atoms with van der Waals surface area (Å²) in [4.78, 5) is 19.7. The van der Waals surface area contributed by atoms with Crippen molar-refractivity contribution >= 4 is 23.1 Å². The summed E-state index contributed by atoms with van der Waals surface area (Å²) in [5, 5.41) is 13.2. The molecule has 1 amide bonds. The summed E-state index contributed by atoms with van der Waals surface area (Å²) in [6.45, 7) is 1.74. The fourth-order valence-corrected chi connectivity index (χ4v) is 4.29. The number of hydrogen-bond donors (Lipinski definition) is 2. The van der Waals surface area contributed by atoms with Crippen LogP contribution in [0.2, 0.25) is 0 Å². The van der Waals surface area contributed by atoms with Crippen LogP contribution in [0, 0.1) is 0 Å². The number of aryl methyl sites for hydroxylation is 1. The Balaban J connectivity index is 1.47. The number of piperazine rings is 1. The first-order chi connectivity index (χ1) is 14.3. The quantitative estimate of drug-likeness (QED) is 0.670. The van der Waals surface area contributed by atoms with E-state index >= 15 is 0 Å². The number of halogens is 3. The molecular weight excluding hydrogens is 401 g/mol. The Kier molecular flexibility index (Phi) is 4.20. The molecule has 3 aromatic heterocycles. The van der Waals surface area contributed by atoms with E-state index < -0.39 is 23.5 Å². The van der Waals surface area contributed by atoms with Crippen molar-refractivity contribution in [3.63, 3.8) is 0 Å².